The molecule has 0 bridgehead atoms. The van der Waals surface area contributed by atoms with Crippen LogP contribution < -0.4 is 4.74 Å². The summed E-state index contributed by atoms with van der Waals surface area (Å²) in [5.74, 6) is 0.196. The van der Waals surface area contributed by atoms with Gasteiger partial charge in [-0.3, -0.25) is 0 Å². The number of hydrogen-bond donors (Lipinski definition) is 0. The van der Waals surface area contributed by atoms with Gasteiger partial charge in [0.25, 0.3) is 5.19 Å². The largest absolute Gasteiger partial charge is 0.467 e. The first-order valence-electron chi connectivity index (χ1n) is 10.4. The van der Waals surface area contributed by atoms with Crippen molar-refractivity contribution in [3.05, 3.63) is 47.5 Å². The molecule has 4 rings (SSSR count). The van der Waals surface area contributed by atoms with E-state index in [2.05, 4.69) is 9.88 Å². The Morgan fingerprint density at radius 2 is 1.76 bits per heavy atom. The average molecular weight is 436 g/mol. The predicted octanol–water partition coefficient (Wildman–Crippen LogP) is 3.02. The molecule has 0 saturated carbocycles. The van der Waals surface area contributed by atoms with E-state index in [1.807, 2.05) is 35.7 Å². The van der Waals surface area contributed by atoms with Gasteiger partial charge in [-0.2, -0.15) is 0 Å². The normalized spacial score (nSPS) is 20.7. The SMILES string of the molecule is O=S(=O)(CCc1ccccc1)N1CCC(N2CCC(Oc3nccs3)CC2)CC1. The number of thiazole rings is 1. The summed E-state index contributed by atoms with van der Waals surface area (Å²) in [6.45, 7) is 3.30. The zero-order chi connectivity index (χ0) is 20.1. The second kappa shape index (κ2) is 9.55. The van der Waals surface area contributed by atoms with E-state index in [4.69, 9.17) is 4.74 Å². The van der Waals surface area contributed by atoms with Gasteiger partial charge in [-0.05, 0) is 37.7 Å². The van der Waals surface area contributed by atoms with Crippen LogP contribution >= 0.6 is 11.3 Å². The molecule has 0 radical (unpaired) electrons. The minimum atomic E-state index is -3.18. The molecule has 158 valence electrons. The van der Waals surface area contributed by atoms with Crippen molar-refractivity contribution in [2.45, 2.75) is 44.2 Å². The second-order valence-electron chi connectivity index (χ2n) is 7.83. The summed E-state index contributed by atoms with van der Waals surface area (Å²) in [5.41, 5.74) is 1.08. The van der Waals surface area contributed by atoms with Crippen molar-refractivity contribution in [1.82, 2.24) is 14.2 Å². The fourth-order valence-electron chi connectivity index (χ4n) is 4.28. The summed E-state index contributed by atoms with van der Waals surface area (Å²) in [5, 5.41) is 2.70. The lowest BCUT2D eigenvalue weighted by Crippen LogP contribution is -2.50. The quantitative estimate of drug-likeness (QED) is 0.669. The van der Waals surface area contributed by atoms with E-state index in [0.717, 1.165) is 49.5 Å². The maximum Gasteiger partial charge on any atom is 0.273 e. The van der Waals surface area contributed by atoms with Gasteiger partial charge < -0.3 is 9.64 Å². The lowest BCUT2D eigenvalue weighted by molar-refractivity contribution is 0.0584. The standard InChI is InChI=1S/C21H29N3O3S2/c25-29(26,17-10-18-4-2-1-3-5-18)24-14-6-19(7-15-24)23-12-8-20(9-13-23)27-21-22-11-16-28-21/h1-5,11,16,19-20H,6-10,12-15,17H2. The van der Waals surface area contributed by atoms with Crippen LogP contribution in [0.2, 0.25) is 0 Å². The number of piperidine rings is 2. The number of likely N-dealkylation sites (tertiary alicyclic amines) is 1. The maximum absolute atomic E-state index is 12.7. The monoisotopic (exact) mass is 435 g/mol. The van der Waals surface area contributed by atoms with E-state index in [0.29, 0.717) is 25.6 Å². The first-order chi connectivity index (χ1) is 14.1. The highest BCUT2D eigenvalue weighted by molar-refractivity contribution is 7.89. The van der Waals surface area contributed by atoms with Gasteiger partial charge in [0, 0.05) is 43.8 Å². The Morgan fingerprint density at radius 3 is 2.41 bits per heavy atom. The van der Waals surface area contributed by atoms with Crippen molar-refractivity contribution in [1.29, 1.82) is 0 Å². The van der Waals surface area contributed by atoms with Crippen LogP contribution in [0.1, 0.15) is 31.2 Å². The van der Waals surface area contributed by atoms with Crippen LogP contribution in [-0.2, 0) is 16.4 Å². The zero-order valence-corrected chi connectivity index (χ0v) is 18.3. The Hall–Kier alpha value is -1.48. The molecule has 6 nitrogen and oxygen atoms in total. The number of aryl methyl sites for hydroxylation is 1. The number of hydrogen-bond acceptors (Lipinski definition) is 6. The summed E-state index contributed by atoms with van der Waals surface area (Å²) in [6, 6.07) is 10.3. The highest BCUT2D eigenvalue weighted by atomic mass is 32.2. The molecular weight excluding hydrogens is 406 g/mol. The maximum atomic E-state index is 12.7. The smallest absolute Gasteiger partial charge is 0.273 e. The highest BCUT2D eigenvalue weighted by Crippen LogP contribution is 2.25. The first kappa shape index (κ1) is 20.8. The summed E-state index contributed by atoms with van der Waals surface area (Å²) in [7, 11) is -3.18. The lowest BCUT2D eigenvalue weighted by atomic mass is 10.00. The third-order valence-corrected chi connectivity index (χ3v) is 8.51. The van der Waals surface area contributed by atoms with E-state index in [-0.39, 0.29) is 11.9 Å². The molecule has 2 aromatic rings. The predicted molar refractivity (Wildman–Crippen MR) is 116 cm³/mol. The minimum absolute atomic E-state index is 0.196. The average Bonchev–Trinajstić information content (AvgIpc) is 3.27. The number of sulfonamides is 1. The van der Waals surface area contributed by atoms with Gasteiger partial charge >= 0.3 is 0 Å². The minimum Gasteiger partial charge on any atom is -0.467 e. The molecule has 2 saturated heterocycles. The molecule has 2 aliphatic heterocycles. The number of aromatic nitrogens is 1. The van der Waals surface area contributed by atoms with Crippen molar-refractivity contribution >= 4 is 21.4 Å². The van der Waals surface area contributed by atoms with Gasteiger partial charge in [0.1, 0.15) is 6.10 Å². The Balaban J connectivity index is 1.21. The molecule has 0 spiro atoms. The Kier molecular flexibility index (Phi) is 6.85. The van der Waals surface area contributed by atoms with Gasteiger partial charge in [0.2, 0.25) is 10.0 Å². The van der Waals surface area contributed by atoms with Crippen molar-refractivity contribution < 1.29 is 13.2 Å². The Labute approximate surface area is 177 Å². The summed E-state index contributed by atoms with van der Waals surface area (Å²) >= 11 is 1.54. The van der Waals surface area contributed by atoms with Gasteiger partial charge in [0.15, 0.2) is 0 Å². The van der Waals surface area contributed by atoms with Crippen molar-refractivity contribution in [3.63, 3.8) is 0 Å². The van der Waals surface area contributed by atoms with Gasteiger partial charge in [0.05, 0.1) is 5.75 Å². The van der Waals surface area contributed by atoms with Gasteiger partial charge in [-0.15, -0.1) is 0 Å². The van der Waals surface area contributed by atoms with E-state index in [9.17, 15) is 8.42 Å². The summed E-state index contributed by atoms with van der Waals surface area (Å²) < 4.78 is 33.1. The van der Waals surface area contributed by atoms with Crippen molar-refractivity contribution in [2.75, 3.05) is 31.9 Å². The van der Waals surface area contributed by atoms with Crippen LogP contribution in [0.25, 0.3) is 0 Å². The zero-order valence-electron chi connectivity index (χ0n) is 16.7. The summed E-state index contributed by atoms with van der Waals surface area (Å²) in [4.78, 5) is 6.73. The van der Waals surface area contributed by atoms with Crippen LogP contribution in [0.4, 0.5) is 0 Å². The third-order valence-electron chi connectivity index (χ3n) is 5.98. The van der Waals surface area contributed by atoms with E-state index in [1.54, 1.807) is 21.8 Å². The third kappa shape index (κ3) is 5.57. The molecule has 8 heteroatoms. The molecular formula is C21H29N3O3S2. The molecule has 1 aromatic carbocycles. The van der Waals surface area contributed by atoms with Crippen LogP contribution in [0.15, 0.2) is 41.9 Å². The topological polar surface area (TPSA) is 62.7 Å². The second-order valence-corrected chi connectivity index (χ2v) is 10.8. The van der Waals surface area contributed by atoms with Crippen LogP contribution in [0, 0.1) is 0 Å². The van der Waals surface area contributed by atoms with Crippen molar-refractivity contribution in [3.8, 4) is 5.19 Å². The van der Waals surface area contributed by atoms with Gasteiger partial charge in [-0.25, -0.2) is 17.7 Å². The van der Waals surface area contributed by atoms with E-state index < -0.39 is 10.0 Å². The first-order valence-corrected chi connectivity index (χ1v) is 12.9. The molecule has 0 amide bonds. The number of benzene rings is 1. The Morgan fingerprint density at radius 1 is 1.03 bits per heavy atom. The molecule has 1 aromatic heterocycles. The van der Waals surface area contributed by atoms with Crippen LogP contribution in [0.3, 0.4) is 0 Å². The van der Waals surface area contributed by atoms with Crippen LogP contribution in [-0.4, -0.2) is 66.7 Å². The van der Waals surface area contributed by atoms with E-state index in [1.165, 1.54) is 0 Å². The highest BCUT2D eigenvalue weighted by Gasteiger charge is 2.32. The molecule has 2 fully saturated rings. The fourth-order valence-corrected chi connectivity index (χ4v) is 6.35. The molecule has 0 unspecified atom stereocenters. The molecule has 2 aliphatic rings. The van der Waals surface area contributed by atoms with Gasteiger partial charge in [-0.1, -0.05) is 41.7 Å². The number of rotatable bonds is 7. The molecule has 0 aliphatic carbocycles. The lowest BCUT2D eigenvalue weighted by Gasteiger charge is -2.41. The van der Waals surface area contributed by atoms with E-state index >= 15 is 0 Å². The molecule has 3 heterocycles. The van der Waals surface area contributed by atoms with Crippen LogP contribution in [0.5, 0.6) is 5.19 Å². The molecule has 29 heavy (non-hydrogen) atoms. The number of ether oxygens (including phenoxy) is 1. The summed E-state index contributed by atoms with van der Waals surface area (Å²) in [6.07, 6.45) is 6.46. The fraction of sp³-hybridized carbons (Fsp3) is 0.571. The van der Waals surface area contributed by atoms with Crippen molar-refractivity contribution in [2.24, 2.45) is 0 Å². The molecule has 0 atom stereocenters. The Bertz CT molecular complexity index is 843. The molecule has 0 N–H and O–H groups in total. The number of nitrogens with zero attached hydrogens (tertiary/aromatic N) is 3.